The van der Waals surface area contributed by atoms with Gasteiger partial charge in [-0.1, -0.05) is 13.3 Å². The lowest BCUT2D eigenvalue weighted by Crippen LogP contribution is -2.18. The van der Waals surface area contributed by atoms with Gasteiger partial charge < -0.3 is 10.1 Å². The molecular formula is C14H23N3O. The molecule has 4 heteroatoms. The summed E-state index contributed by atoms with van der Waals surface area (Å²) in [6, 6.07) is 2.76. The lowest BCUT2D eigenvalue weighted by molar-refractivity contribution is 0.0872. The zero-order chi connectivity index (χ0) is 13.0. The smallest absolute Gasteiger partial charge is 0.157 e. The lowest BCUT2D eigenvalue weighted by atomic mass is 10.2. The van der Waals surface area contributed by atoms with Gasteiger partial charge in [-0.05, 0) is 32.3 Å². The van der Waals surface area contributed by atoms with Crippen molar-refractivity contribution in [3.8, 4) is 0 Å². The molecule has 1 aromatic heterocycles. The summed E-state index contributed by atoms with van der Waals surface area (Å²) in [5.74, 6) is 0.826. The van der Waals surface area contributed by atoms with Gasteiger partial charge in [-0.15, -0.1) is 0 Å². The maximum atomic E-state index is 5.48. The van der Waals surface area contributed by atoms with E-state index in [2.05, 4.69) is 28.3 Å². The monoisotopic (exact) mass is 249 g/mol. The van der Waals surface area contributed by atoms with E-state index in [0.29, 0.717) is 6.04 Å². The third-order valence-electron chi connectivity index (χ3n) is 3.20. The Morgan fingerprint density at radius 2 is 2.22 bits per heavy atom. The van der Waals surface area contributed by atoms with Gasteiger partial charge in [0.2, 0.25) is 0 Å². The number of ether oxygens (including phenoxy) is 1. The first-order valence-corrected chi connectivity index (χ1v) is 6.83. The summed E-state index contributed by atoms with van der Waals surface area (Å²) in [6.07, 6.45) is 4.66. The van der Waals surface area contributed by atoms with Crippen molar-refractivity contribution in [2.45, 2.75) is 58.2 Å². The van der Waals surface area contributed by atoms with E-state index < -0.39 is 0 Å². The van der Waals surface area contributed by atoms with Crippen LogP contribution in [0.15, 0.2) is 6.07 Å². The summed E-state index contributed by atoms with van der Waals surface area (Å²) in [5, 5.41) is 3.49. The fourth-order valence-corrected chi connectivity index (χ4v) is 2.04. The highest BCUT2D eigenvalue weighted by atomic mass is 16.5. The Kier molecular flexibility index (Phi) is 4.66. The largest absolute Gasteiger partial charge is 0.373 e. The van der Waals surface area contributed by atoms with E-state index in [1.54, 1.807) is 7.11 Å². The molecule has 0 aromatic carbocycles. The minimum absolute atomic E-state index is 0.0228. The van der Waals surface area contributed by atoms with E-state index in [4.69, 9.17) is 4.74 Å². The fourth-order valence-electron chi connectivity index (χ4n) is 2.04. The molecule has 1 atom stereocenters. The number of methoxy groups -OCH3 is 1. The average Bonchev–Trinajstić information content (AvgIpc) is 3.16. The summed E-state index contributed by atoms with van der Waals surface area (Å²) < 4.78 is 5.48. The number of nitrogens with zero attached hydrogens (tertiary/aromatic N) is 2. The number of aryl methyl sites for hydroxylation is 1. The van der Waals surface area contributed by atoms with Gasteiger partial charge in [0.25, 0.3) is 0 Å². The summed E-state index contributed by atoms with van der Waals surface area (Å²) >= 11 is 0. The number of hydrogen-bond acceptors (Lipinski definition) is 4. The van der Waals surface area contributed by atoms with Crippen LogP contribution in [0.3, 0.4) is 0 Å². The first kappa shape index (κ1) is 13.4. The first-order chi connectivity index (χ1) is 8.72. The Morgan fingerprint density at radius 3 is 2.83 bits per heavy atom. The highest BCUT2D eigenvalue weighted by molar-refractivity contribution is 5.11. The third kappa shape index (κ3) is 3.75. The van der Waals surface area contributed by atoms with Crippen LogP contribution in [0.5, 0.6) is 0 Å². The van der Waals surface area contributed by atoms with Crippen molar-refractivity contribution in [3.05, 3.63) is 23.3 Å². The quantitative estimate of drug-likeness (QED) is 0.806. The molecule has 0 aliphatic heterocycles. The van der Waals surface area contributed by atoms with E-state index in [1.165, 1.54) is 12.8 Å². The Balaban J connectivity index is 2.07. The normalized spacial score (nSPS) is 16.8. The minimum Gasteiger partial charge on any atom is -0.373 e. The van der Waals surface area contributed by atoms with E-state index in [-0.39, 0.29) is 6.10 Å². The van der Waals surface area contributed by atoms with Gasteiger partial charge in [0.1, 0.15) is 6.10 Å². The molecule has 100 valence electrons. The molecule has 0 amide bonds. The van der Waals surface area contributed by atoms with Crippen LogP contribution in [0, 0.1) is 6.92 Å². The van der Waals surface area contributed by atoms with Crippen LogP contribution < -0.4 is 5.32 Å². The van der Waals surface area contributed by atoms with Gasteiger partial charge >= 0.3 is 0 Å². The molecule has 1 aliphatic carbocycles. The second kappa shape index (κ2) is 6.25. The summed E-state index contributed by atoms with van der Waals surface area (Å²) in [4.78, 5) is 9.13. The van der Waals surface area contributed by atoms with Crippen LogP contribution in [0.25, 0.3) is 0 Å². The summed E-state index contributed by atoms with van der Waals surface area (Å²) in [5.41, 5.74) is 2.09. The average molecular weight is 249 g/mol. The highest BCUT2D eigenvalue weighted by Gasteiger charge is 2.21. The van der Waals surface area contributed by atoms with Gasteiger partial charge in [-0.2, -0.15) is 0 Å². The molecule has 0 bridgehead atoms. The Labute approximate surface area is 109 Å². The number of nitrogens with one attached hydrogen (secondary N) is 1. The zero-order valence-electron chi connectivity index (χ0n) is 11.6. The molecule has 0 spiro atoms. The SMILES string of the molecule is CCCC(OC)c1nc(C)cc(CNC2CC2)n1. The van der Waals surface area contributed by atoms with Crippen LogP contribution in [-0.2, 0) is 11.3 Å². The fraction of sp³-hybridized carbons (Fsp3) is 0.714. The second-order valence-electron chi connectivity index (χ2n) is 5.03. The first-order valence-electron chi connectivity index (χ1n) is 6.83. The summed E-state index contributed by atoms with van der Waals surface area (Å²) in [6.45, 7) is 5.01. The lowest BCUT2D eigenvalue weighted by Gasteiger charge is -2.14. The highest BCUT2D eigenvalue weighted by Crippen LogP contribution is 2.21. The Bertz CT molecular complexity index is 391. The molecule has 1 heterocycles. The molecule has 1 saturated carbocycles. The Hall–Kier alpha value is -1.00. The molecule has 0 radical (unpaired) electrons. The van der Waals surface area contributed by atoms with Crippen LogP contribution in [0.1, 0.15) is 55.9 Å². The molecule has 4 nitrogen and oxygen atoms in total. The van der Waals surface area contributed by atoms with E-state index >= 15 is 0 Å². The molecule has 1 aromatic rings. The van der Waals surface area contributed by atoms with E-state index in [1.807, 2.05) is 6.92 Å². The second-order valence-corrected chi connectivity index (χ2v) is 5.03. The maximum absolute atomic E-state index is 5.48. The van der Waals surface area contributed by atoms with E-state index in [0.717, 1.165) is 36.6 Å². The summed E-state index contributed by atoms with van der Waals surface area (Å²) in [7, 11) is 1.73. The molecule has 1 N–H and O–H groups in total. The molecule has 0 saturated heterocycles. The predicted octanol–water partition coefficient (Wildman–Crippen LogP) is 2.52. The number of hydrogen-bond donors (Lipinski definition) is 1. The van der Waals surface area contributed by atoms with Crippen molar-refractivity contribution in [3.63, 3.8) is 0 Å². The molecule has 1 fully saturated rings. The van der Waals surface area contributed by atoms with Crippen molar-refractivity contribution in [1.29, 1.82) is 0 Å². The Morgan fingerprint density at radius 1 is 1.44 bits per heavy atom. The number of rotatable bonds is 7. The van der Waals surface area contributed by atoms with Crippen molar-refractivity contribution >= 4 is 0 Å². The number of aromatic nitrogens is 2. The van der Waals surface area contributed by atoms with Crippen molar-refractivity contribution in [1.82, 2.24) is 15.3 Å². The van der Waals surface area contributed by atoms with Gasteiger partial charge in [-0.3, -0.25) is 0 Å². The van der Waals surface area contributed by atoms with Crippen LogP contribution in [-0.4, -0.2) is 23.1 Å². The van der Waals surface area contributed by atoms with Gasteiger partial charge in [-0.25, -0.2) is 9.97 Å². The topological polar surface area (TPSA) is 47.0 Å². The van der Waals surface area contributed by atoms with Gasteiger partial charge in [0.15, 0.2) is 5.82 Å². The van der Waals surface area contributed by atoms with Crippen molar-refractivity contribution in [2.24, 2.45) is 0 Å². The molecule has 18 heavy (non-hydrogen) atoms. The standard InChI is InChI=1S/C14H23N3O/c1-4-5-13(18-3)14-16-10(2)8-12(17-14)9-15-11-6-7-11/h8,11,13,15H,4-7,9H2,1-3H3. The maximum Gasteiger partial charge on any atom is 0.157 e. The van der Waals surface area contributed by atoms with Crippen LogP contribution in [0.2, 0.25) is 0 Å². The van der Waals surface area contributed by atoms with Crippen LogP contribution >= 0.6 is 0 Å². The van der Waals surface area contributed by atoms with Crippen LogP contribution in [0.4, 0.5) is 0 Å². The van der Waals surface area contributed by atoms with Gasteiger partial charge in [0.05, 0.1) is 5.69 Å². The minimum atomic E-state index is 0.0228. The molecular weight excluding hydrogens is 226 g/mol. The molecule has 2 rings (SSSR count). The van der Waals surface area contributed by atoms with E-state index in [9.17, 15) is 0 Å². The predicted molar refractivity (Wildman–Crippen MR) is 71.3 cm³/mol. The molecule has 1 unspecified atom stereocenters. The van der Waals surface area contributed by atoms with Crippen molar-refractivity contribution in [2.75, 3.05) is 7.11 Å². The zero-order valence-corrected chi connectivity index (χ0v) is 11.6. The third-order valence-corrected chi connectivity index (χ3v) is 3.20. The van der Waals surface area contributed by atoms with Gasteiger partial charge in [0, 0.05) is 25.4 Å². The molecule has 1 aliphatic rings. The van der Waals surface area contributed by atoms with Crippen molar-refractivity contribution < 1.29 is 4.74 Å².